The van der Waals surface area contributed by atoms with E-state index >= 15 is 0 Å². The minimum absolute atomic E-state index is 0.0157. The molecule has 3 heterocycles. The van der Waals surface area contributed by atoms with E-state index in [1.807, 2.05) is 24.3 Å². The number of nitrogens with one attached hydrogen (secondary N) is 2. The molecule has 0 radical (unpaired) electrons. The van der Waals surface area contributed by atoms with Crippen LogP contribution in [0.2, 0.25) is 0 Å². The number of nitrogens with zero attached hydrogens (tertiary/aromatic N) is 3. The fraction of sp³-hybridized carbons (Fsp3) is 0.517. The minimum atomic E-state index is -0.323. The average Bonchev–Trinajstić information content (AvgIpc) is 3.62. The molecule has 0 atom stereocenters. The smallest absolute Gasteiger partial charge is 0.317 e. The Balaban J connectivity index is 1.20. The third-order valence-corrected chi connectivity index (χ3v) is 7.70. The van der Waals surface area contributed by atoms with Crippen LogP contribution in [0.5, 0.6) is 0 Å². The molecule has 3 aromatic rings. The van der Waals surface area contributed by atoms with E-state index in [4.69, 9.17) is 14.1 Å². The number of fused-ring (bicyclic) bond motifs is 1. The zero-order valence-electron chi connectivity index (χ0n) is 22.5. The molecule has 0 spiro atoms. The Morgan fingerprint density at radius 2 is 1.87 bits per heavy atom. The molecule has 0 bridgehead atoms. The van der Waals surface area contributed by atoms with E-state index in [0.29, 0.717) is 44.1 Å². The van der Waals surface area contributed by atoms with Crippen molar-refractivity contribution in [2.24, 2.45) is 0 Å². The fourth-order valence-corrected chi connectivity index (χ4v) is 5.66. The van der Waals surface area contributed by atoms with Crippen LogP contribution in [0.25, 0.3) is 22.4 Å². The molecule has 2 N–H and O–H groups in total. The molecule has 1 aliphatic carbocycles. The molecule has 0 unspecified atom stereocenters. The van der Waals surface area contributed by atoms with Gasteiger partial charge in [-0.1, -0.05) is 19.3 Å². The van der Waals surface area contributed by atoms with E-state index in [0.717, 1.165) is 35.3 Å². The summed E-state index contributed by atoms with van der Waals surface area (Å²) in [6, 6.07) is 7.87. The molecule has 2 aromatic heterocycles. The number of furan rings is 1. The third kappa shape index (κ3) is 6.26. The lowest BCUT2D eigenvalue weighted by Gasteiger charge is -2.32. The largest absolute Gasteiger partial charge is 0.472 e. The van der Waals surface area contributed by atoms with Gasteiger partial charge in [0.15, 0.2) is 0 Å². The second-order valence-corrected chi connectivity index (χ2v) is 10.3. The number of piperidine rings is 1. The Morgan fingerprint density at radius 1 is 1.08 bits per heavy atom. The number of benzene rings is 1. The number of imidazole rings is 1. The van der Waals surface area contributed by atoms with Gasteiger partial charge in [0.05, 0.1) is 35.9 Å². The van der Waals surface area contributed by atoms with Crippen molar-refractivity contribution >= 4 is 28.9 Å². The molecule has 5 rings (SSSR count). The van der Waals surface area contributed by atoms with Crippen molar-refractivity contribution < 1.29 is 23.5 Å². The van der Waals surface area contributed by atoms with Crippen LogP contribution in [0.1, 0.15) is 74.7 Å². The van der Waals surface area contributed by atoms with Crippen molar-refractivity contribution in [2.45, 2.75) is 70.4 Å². The number of carbonyl (C=O) groups excluding carboxylic acids is 3. The molecular formula is C29H37N5O5. The number of likely N-dealkylation sites (tertiary alicyclic amines) is 1. The first-order chi connectivity index (χ1) is 19.0. The average molecular weight is 536 g/mol. The van der Waals surface area contributed by atoms with Crippen LogP contribution in [-0.4, -0.2) is 64.6 Å². The van der Waals surface area contributed by atoms with E-state index in [9.17, 15) is 14.4 Å². The number of aromatic nitrogens is 2. The number of ether oxygens (including phenoxy) is 1. The van der Waals surface area contributed by atoms with Crippen molar-refractivity contribution in [3.05, 3.63) is 42.4 Å². The van der Waals surface area contributed by atoms with E-state index in [-0.39, 0.29) is 36.9 Å². The molecule has 208 valence electrons. The summed E-state index contributed by atoms with van der Waals surface area (Å²) in [6.45, 7) is 3.40. The van der Waals surface area contributed by atoms with Crippen LogP contribution in [0.15, 0.2) is 41.2 Å². The second-order valence-electron chi connectivity index (χ2n) is 10.3. The van der Waals surface area contributed by atoms with Gasteiger partial charge >= 0.3 is 12.0 Å². The zero-order valence-corrected chi connectivity index (χ0v) is 22.5. The van der Waals surface area contributed by atoms with Gasteiger partial charge in [0.2, 0.25) is 0 Å². The first-order valence-electron chi connectivity index (χ1n) is 14.1. The summed E-state index contributed by atoms with van der Waals surface area (Å²) in [5, 5.41) is 5.90. The van der Waals surface area contributed by atoms with Crippen LogP contribution < -0.4 is 10.6 Å². The summed E-state index contributed by atoms with van der Waals surface area (Å²) >= 11 is 0. The van der Waals surface area contributed by atoms with E-state index < -0.39 is 0 Å². The monoisotopic (exact) mass is 535 g/mol. The van der Waals surface area contributed by atoms with Crippen molar-refractivity contribution in [1.82, 2.24) is 25.1 Å². The number of hydrogen-bond acceptors (Lipinski definition) is 6. The summed E-state index contributed by atoms with van der Waals surface area (Å²) in [7, 11) is 0. The van der Waals surface area contributed by atoms with Gasteiger partial charge in [0, 0.05) is 37.3 Å². The molecule has 10 heteroatoms. The predicted molar refractivity (Wildman–Crippen MR) is 146 cm³/mol. The SMILES string of the molecule is CCOC(=O)CCNC(=O)N1CCC(NC(=O)c2ccc3c(c2)nc(-c2ccoc2)n3C2CCCCC2)CC1. The first-order valence-corrected chi connectivity index (χ1v) is 14.1. The standard InChI is InChI=1S/C29H37N5O5/c1-2-39-26(35)10-14-30-29(37)33-15-11-22(12-16-33)31-28(36)20-8-9-25-24(18-20)32-27(21-13-17-38-19-21)34(25)23-6-4-3-5-7-23/h8-9,13,17-19,22-23H,2-7,10-12,14-16H2,1H3,(H,30,37)(H,31,36). The van der Waals surface area contributed by atoms with Gasteiger partial charge in [-0.05, 0) is 56.9 Å². The molecule has 3 amide bonds. The number of esters is 1. The number of urea groups is 1. The highest BCUT2D eigenvalue weighted by molar-refractivity contribution is 5.98. The molecule has 1 saturated carbocycles. The Labute approximate surface area is 228 Å². The van der Waals surface area contributed by atoms with Crippen molar-refractivity contribution in [3.8, 4) is 11.4 Å². The summed E-state index contributed by atoms with van der Waals surface area (Å²) in [4.78, 5) is 43.7. The minimum Gasteiger partial charge on any atom is -0.472 e. The molecule has 39 heavy (non-hydrogen) atoms. The zero-order chi connectivity index (χ0) is 27.2. The van der Waals surface area contributed by atoms with Crippen molar-refractivity contribution in [3.63, 3.8) is 0 Å². The summed E-state index contributed by atoms with van der Waals surface area (Å²) in [5.74, 6) is 0.429. The second kappa shape index (κ2) is 12.4. The van der Waals surface area contributed by atoms with E-state index in [1.165, 1.54) is 19.3 Å². The highest BCUT2D eigenvalue weighted by Gasteiger charge is 2.26. The van der Waals surface area contributed by atoms with Crippen LogP contribution in [0, 0.1) is 0 Å². The van der Waals surface area contributed by atoms with Gasteiger partial charge in [0.25, 0.3) is 5.91 Å². The van der Waals surface area contributed by atoms with Gasteiger partial charge in [-0.3, -0.25) is 9.59 Å². The number of hydrogen-bond donors (Lipinski definition) is 2. The molecule has 1 saturated heterocycles. The molecular weight excluding hydrogens is 498 g/mol. The Bertz CT molecular complexity index is 1290. The molecule has 10 nitrogen and oxygen atoms in total. The van der Waals surface area contributed by atoms with Gasteiger partial charge in [0.1, 0.15) is 12.1 Å². The lowest BCUT2D eigenvalue weighted by molar-refractivity contribution is -0.142. The van der Waals surface area contributed by atoms with Crippen LogP contribution in [-0.2, 0) is 9.53 Å². The fourth-order valence-electron chi connectivity index (χ4n) is 5.66. The molecule has 2 fully saturated rings. The maximum absolute atomic E-state index is 13.2. The number of carbonyl (C=O) groups is 3. The van der Waals surface area contributed by atoms with Crippen molar-refractivity contribution in [2.75, 3.05) is 26.2 Å². The van der Waals surface area contributed by atoms with Gasteiger partial charge in [-0.25, -0.2) is 9.78 Å². The maximum atomic E-state index is 13.2. The predicted octanol–water partition coefficient (Wildman–Crippen LogP) is 4.66. The van der Waals surface area contributed by atoms with Crippen LogP contribution in [0.3, 0.4) is 0 Å². The highest BCUT2D eigenvalue weighted by Crippen LogP contribution is 2.36. The summed E-state index contributed by atoms with van der Waals surface area (Å²) in [6.07, 6.45) is 10.8. The van der Waals surface area contributed by atoms with Crippen LogP contribution >= 0.6 is 0 Å². The molecule has 2 aliphatic rings. The Kier molecular flexibility index (Phi) is 8.48. The molecule has 1 aliphatic heterocycles. The van der Waals surface area contributed by atoms with Gasteiger partial charge in [-0.15, -0.1) is 0 Å². The normalized spacial score (nSPS) is 16.8. The van der Waals surface area contributed by atoms with Gasteiger partial charge in [-0.2, -0.15) is 0 Å². The quantitative estimate of drug-likeness (QED) is 0.405. The lowest BCUT2D eigenvalue weighted by atomic mass is 9.95. The van der Waals surface area contributed by atoms with E-state index in [1.54, 1.807) is 24.3 Å². The van der Waals surface area contributed by atoms with Crippen molar-refractivity contribution in [1.29, 1.82) is 0 Å². The summed E-state index contributed by atoms with van der Waals surface area (Å²) < 4.78 is 12.6. The Hall–Kier alpha value is -3.82. The first kappa shape index (κ1) is 26.8. The molecule has 1 aromatic carbocycles. The van der Waals surface area contributed by atoms with E-state index in [2.05, 4.69) is 15.2 Å². The topological polar surface area (TPSA) is 119 Å². The lowest BCUT2D eigenvalue weighted by Crippen LogP contribution is -2.49. The number of rotatable bonds is 8. The Morgan fingerprint density at radius 3 is 2.59 bits per heavy atom. The third-order valence-electron chi connectivity index (χ3n) is 7.70. The van der Waals surface area contributed by atoms with Crippen LogP contribution in [0.4, 0.5) is 4.79 Å². The number of amides is 3. The summed E-state index contributed by atoms with van der Waals surface area (Å²) in [5.41, 5.74) is 3.36. The highest BCUT2D eigenvalue weighted by atomic mass is 16.5. The van der Waals surface area contributed by atoms with Gasteiger partial charge < -0.3 is 29.3 Å². The maximum Gasteiger partial charge on any atom is 0.317 e.